The highest BCUT2D eigenvalue weighted by Crippen LogP contribution is 2.17. The first-order valence-electron chi connectivity index (χ1n) is 6.54. The van der Waals surface area contributed by atoms with Crippen LogP contribution in [0, 0.1) is 5.92 Å². The minimum atomic E-state index is 0.282. The van der Waals surface area contributed by atoms with Gasteiger partial charge in [-0.05, 0) is 12.8 Å². The number of hydrogen-bond donors (Lipinski definition) is 0. The van der Waals surface area contributed by atoms with Crippen molar-refractivity contribution in [3.05, 3.63) is 0 Å². The molecule has 0 bridgehead atoms. The summed E-state index contributed by atoms with van der Waals surface area (Å²) in [4.78, 5) is 13.6. The van der Waals surface area contributed by atoms with E-state index in [0.29, 0.717) is 5.91 Å². The van der Waals surface area contributed by atoms with Crippen LogP contribution in [0.15, 0.2) is 0 Å². The van der Waals surface area contributed by atoms with Gasteiger partial charge >= 0.3 is 0 Å². The van der Waals surface area contributed by atoms with Gasteiger partial charge in [-0.15, -0.1) is 0 Å². The molecule has 1 saturated heterocycles. The second-order valence-electron chi connectivity index (χ2n) is 4.78. The average Bonchev–Trinajstić information content (AvgIpc) is 2.54. The van der Waals surface area contributed by atoms with Gasteiger partial charge in [-0.2, -0.15) is 0 Å². The molecule has 0 saturated carbocycles. The normalized spacial score (nSPS) is 21.3. The van der Waals surface area contributed by atoms with Crippen LogP contribution in [-0.2, 0) is 4.79 Å². The Hall–Kier alpha value is -0.530. The number of carbonyl (C=O) groups excluding carboxylic acids is 1. The SMILES string of the molecule is CCCCCCCCN1CCC(C)C1=O. The molecule has 2 nitrogen and oxygen atoms in total. The Bertz CT molecular complexity index is 191. The molecule has 2 heteroatoms. The van der Waals surface area contributed by atoms with Crippen molar-refractivity contribution < 1.29 is 4.79 Å². The Balaban J connectivity index is 1.98. The fraction of sp³-hybridized carbons (Fsp3) is 0.923. The molecule has 88 valence electrons. The third-order valence-corrected chi connectivity index (χ3v) is 3.35. The molecule has 1 amide bonds. The highest BCUT2D eigenvalue weighted by atomic mass is 16.2. The molecule has 0 aliphatic carbocycles. The highest BCUT2D eigenvalue weighted by Gasteiger charge is 2.26. The fourth-order valence-corrected chi connectivity index (χ4v) is 2.20. The Kier molecular flexibility index (Phi) is 5.74. The lowest BCUT2D eigenvalue weighted by Crippen LogP contribution is -2.27. The van der Waals surface area contributed by atoms with Gasteiger partial charge in [-0.25, -0.2) is 0 Å². The van der Waals surface area contributed by atoms with E-state index in [-0.39, 0.29) is 5.92 Å². The van der Waals surface area contributed by atoms with E-state index >= 15 is 0 Å². The summed E-state index contributed by atoms with van der Waals surface area (Å²) < 4.78 is 0. The number of rotatable bonds is 7. The monoisotopic (exact) mass is 211 g/mol. The molecule has 0 spiro atoms. The van der Waals surface area contributed by atoms with Crippen LogP contribution in [0.1, 0.15) is 58.8 Å². The molecule has 1 heterocycles. The van der Waals surface area contributed by atoms with E-state index in [0.717, 1.165) is 19.5 Å². The van der Waals surface area contributed by atoms with Gasteiger partial charge in [-0.3, -0.25) is 4.79 Å². The van der Waals surface area contributed by atoms with Crippen LogP contribution in [0.3, 0.4) is 0 Å². The lowest BCUT2D eigenvalue weighted by atomic mass is 10.1. The number of carbonyl (C=O) groups is 1. The summed E-state index contributed by atoms with van der Waals surface area (Å²) in [6.07, 6.45) is 8.92. The molecule has 1 atom stereocenters. The Morgan fingerprint density at radius 1 is 1.20 bits per heavy atom. The van der Waals surface area contributed by atoms with Gasteiger partial charge in [0.2, 0.25) is 5.91 Å². The summed E-state index contributed by atoms with van der Waals surface area (Å²) >= 11 is 0. The minimum Gasteiger partial charge on any atom is -0.342 e. The summed E-state index contributed by atoms with van der Waals surface area (Å²) in [5, 5.41) is 0. The van der Waals surface area contributed by atoms with Crippen molar-refractivity contribution in [2.24, 2.45) is 5.92 Å². The van der Waals surface area contributed by atoms with Crippen LogP contribution in [0.4, 0.5) is 0 Å². The number of amides is 1. The summed E-state index contributed by atoms with van der Waals surface area (Å²) in [5.74, 6) is 0.661. The smallest absolute Gasteiger partial charge is 0.225 e. The molecule has 0 aromatic heterocycles. The molecular weight excluding hydrogens is 186 g/mol. The van der Waals surface area contributed by atoms with Crippen molar-refractivity contribution in [3.8, 4) is 0 Å². The van der Waals surface area contributed by atoms with E-state index in [1.54, 1.807) is 0 Å². The molecule has 1 aliphatic rings. The predicted molar refractivity (Wildman–Crippen MR) is 63.7 cm³/mol. The summed E-state index contributed by atoms with van der Waals surface area (Å²) in [6.45, 7) is 6.28. The molecule has 1 aliphatic heterocycles. The van der Waals surface area contributed by atoms with Crippen LogP contribution in [0.25, 0.3) is 0 Å². The Labute approximate surface area is 94.0 Å². The van der Waals surface area contributed by atoms with E-state index in [1.165, 1.54) is 38.5 Å². The average molecular weight is 211 g/mol. The van der Waals surface area contributed by atoms with Gasteiger partial charge in [0.25, 0.3) is 0 Å². The van der Waals surface area contributed by atoms with E-state index in [1.807, 2.05) is 11.8 Å². The molecule has 1 fully saturated rings. The molecule has 0 radical (unpaired) electrons. The maximum absolute atomic E-state index is 11.6. The van der Waals surface area contributed by atoms with Crippen molar-refractivity contribution in [2.75, 3.05) is 13.1 Å². The second-order valence-corrected chi connectivity index (χ2v) is 4.78. The van der Waals surface area contributed by atoms with Crippen LogP contribution in [-0.4, -0.2) is 23.9 Å². The van der Waals surface area contributed by atoms with E-state index < -0.39 is 0 Å². The number of unbranched alkanes of at least 4 members (excludes halogenated alkanes) is 5. The van der Waals surface area contributed by atoms with Crippen LogP contribution < -0.4 is 0 Å². The largest absolute Gasteiger partial charge is 0.342 e. The Morgan fingerprint density at radius 3 is 2.47 bits per heavy atom. The van der Waals surface area contributed by atoms with Crippen molar-refractivity contribution in [1.82, 2.24) is 4.90 Å². The summed E-state index contributed by atoms with van der Waals surface area (Å²) in [6, 6.07) is 0. The maximum Gasteiger partial charge on any atom is 0.225 e. The third kappa shape index (κ3) is 4.23. The number of hydrogen-bond acceptors (Lipinski definition) is 1. The maximum atomic E-state index is 11.6. The highest BCUT2D eigenvalue weighted by molar-refractivity contribution is 5.80. The van der Waals surface area contributed by atoms with E-state index in [4.69, 9.17) is 0 Å². The zero-order valence-corrected chi connectivity index (χ0v) is 10.3. The first kappa shape index (κ1) is 12.5. The van der Waals surface area contributed by atoms with Crippen molar-refractivity contribution in [2.45, 2.75) is 58.8 Å². The Morgan fingerprint density at radius 2 is 1.87 bits per heavy atom. The summed E-state index contributed by atoms with van der Waals surface area (Å²) in [5.41, 5.74) is 0. The van der Waals surface area contributed by atoms with Crippen LogP contribution in [0.5, 0.6) is 0 Å². The first-order valence-corrected chi connectivity index (χ1v) is 6.54. The van der Waals surface area contributed by atoms with Gasteiger partial charge < -0.3 is 4.90 Å². The topological polar surface area (TPSA) is 20.3 Å². The van der Waals surface area contributed by atoms with Gasteiger partial charge in [0, 0.05) is 19.0 Å². The van der Waals surface area contributed by atoms with Gasteiger partial charge in [0.05, 0.1) is 0 Å². The quantitative estimate of drug-likeness (QED) is 0.592. The van der Waals surface area contributed by atoms with E-state index in [9.17, 15) is 4.79 Å². The molecular formula is C13H25NO. The van der Waals surface area contributed by atoms with Crippen molar-refractivity contribution in [1.29, 1.82) is 0 Å². The minimum absolute atomic E-state index is 0.282. The van der Waals surface area contributed by atoms with Crippen LogP contribution in [0.2, 0.25) is 0 Å². The second kappa shape index (κ2) is 6.86. The lowest BCUT2D eigenvalue weighted by molar-refractivity contribution is -0.130. The number of nitrogens with zero attached hydrogens (tertiary/aromatic N) is 1. The standard InChI is InChI=1S/C13H25NO/c1-3-4-5-6-7-8-10-14-11-9-12(2)13(14)15/h12H,3-11H2,1-2H3. The molecule has 1 rings (SSSR count). The zero-order valence-electron chi connectivity index (χ0n) is 10.3. The predicted octanol–water partition coefficient (Wildman–Crippen LogP) is 3.22. The lowest BCUT2D eigenvalue weighted by Gasteiger charge is -2.15. The van der Waals surface area contributed by atoms with Crippen molar-refractivity contribution >= 4 is 5.91 Å². The summed E-state index contributed by atoms with van der Waals surface area (Å²) in [7, 11) is 0. The van der Waals surface area contributed by atoms with Gasteiger partial charge in [0.1, 0.15) is 0 Å². The molecule has 0 aromatic rings. The van der Waals surface area contributed by atoms with Gasteiger partial charge in [-0.1, -0.05) is 46.0 Å². The van der Waals surface area contributed by atoms with E-state index in [2.05, 4.69) is 6.92 Å². The van der Waals surface area contributed by atoms with Crippen molar-refractivity contribution in [3.63, 3.8) is 0 Å². The van der Waals surface area contributed by atoms with Gasteiger partial charge in [0.15, 0.2) is 0 Å². The first-order chi connectivity index (χ1) is 7.25. The number of likely N-dealkylation sites (tertiary alicyclic amines) is 1. The third-order valence-electron chi connectivity index (χ3n) is 3.35. The zero-order chi connectivity index (χ0) is 11.1. The molecule has 0 aromatic carbocycles. The molecule has 1 unspecified atom stereocenters. The molecule has 0 N–H and O–H groups in total. The fourth-order valence-electron chi connectivity index (χ4n) is 2.20. The molecule has 15 heavy (non-hydrogen) atoms. The van der Waals surface area contributed by atoms with Crippen LogP contribution >= 0.6 is 0 Å².